The first kappa shape index (κ1) is 17.8. The average Bonchev–Trinajstić information content (AvgIpc) is 2.60. The number of halogens is 1. The zero-order valence-electron chi connectivity index (χ0n) is 13.1. The molecule has 1 amide bonds. The van der Waals surface area contributed by atoms with Crippen molar-refractivity contribution in [1.82, 2.24) is 0 Å². The Kier molecular flexibility index (Phi) is 6.19. The summed E-state index contributed by atoms with van der Waals surface area (Å²) in [5.74, 6) is 0.118. The number of ether oxygens (including phenoxy) is 1. The summed E-state index contributed by atoms with van der Waals surface area (Å²) < 4.78 is 5.37. The fourth-order valence-corrected chi connectivity index (χ4v) is 2.05. The van der Waals surface area contributed by atoms with Crippen molar-refractivity contribution in [2.75, 3.05) is 17.8 Å². The Bertz CT molecular complexity index is 754. The van der Waals surface area contributed by atoms with Gasteiger partial charge in [0.15, 0.2) is 0 Å². The first-order chi connectivity index (χ1) is 11.5. The van der Waals surface area contributed by atoms with Crippen LogP contribution in [0, 0.1) is 18.3 Å². The highest BCUT2D eigenvalue weighted by molar-refractivity contribution is 6.18. The van der Waals surface area contributed by atoms with E-state index in [0.29, 0.717) is 17.0 Å². The van der Waals surface area contributed by atoms with E-state index < -0.39 is 6.10 Å². The molecule has 6 heteroatoms. The summed E-state index contributed by atoms with van der Waals surface area (Å²) in [4.78, 5) is 12.2. The topological polar surface area (TPSA) is 82.3 Å². The molecule has 24 heavy (non-hydrogen) atoms. The lowest BCUT2D eigenvalue weighted by Crippen LogP contribution is -2.19. The molecule has 124 valence electrons. The Morgan fingerprint density at radius 1 is 1.33 bits per heavy atom. The minimum atomic E-state index is -0.806. The molecular formula is C18H17ClN2O3. The molecule has 0 spiro atoms. The van der Waals surface area contributed by atoms with Gasteiger partial charge >= 0.3 is 0 Å². The molecule has 0 heterocycles. The maximum atomic E-state index is 12.2. The van der Waals surface area contributed by atoms with E-state index in [-0.39, 0.29) is 24.0 Å². The van der Waals surface area contributed by atoms with Crippen LogP contribution >= 0.6 is 11.6 Å². The predicted molar refractivity (Wildman–Crippen MR) is 92.5 cm³/mol. The van der Waals surface area contributed by atoms with Crippen molar-refractivity contribution in [3.63, 3.8) is 0 Å². The van der Waals surface area contributed by atoms with Crippen molar-refractivity contribution < 1.29 is 14.6 Å². The van der Waals surface area contributed by atoms with Gasteiger partial charge in [0.05, 0.1) is 11.4 Å². The highest BCUT2D eigenvalue weighted by atomic mass is 35.5. The lowest BCUT2D eigenvalue weighted by molar-refractivity contribution is 0.102. The molecule has 1 unspecified atom stereocenters. The number of aliphatic hydroxyl groups excluding tert-OH is 1. The van der Waals surface area contributed by atoms with Gasteiger partial charge in [0, 0.05) is 11.3 Å². The summed E-state index contributed by atoms with van der Waals surface area (Å²) >= 11 is 5.50. The predicted octanol–water partition coefficient (Wildman–Crippen LogP) is 3.10. The maximum absolute atomic E-state index is 12.2. The van der Waals surface area contributed by atoms with E-state index in [9.17, 15) is 15.2 Å². The van der Waals surface area contributed by atoms with Crippen LogP contribution in [0.1, 0.15) is 21.5 Å². The van der Waals surface area contributed by atoms with Crippen molar-refractivity contribution >= 4 is 23.2 Å². The van der Waals surface area contributed by atoms with Crippen molar-refractivity contribution in [2.24, 2.45) is 0 Å². The molecule has 0 aliphatic heterocycles. The molecule has 2 aromatic carbocycles. The number of nitriles is 1. The van der Waals surface area contributed by atoms with Crippen LogP contribution in [0.25, 0.3) is 0 Å². The number of carbonyl (C=O) groups excluding carboxylic acids is 1. The Balaban J connectivity index is 2.10. The lowest BCUT2D eigenvalue weighted by atomic mass is 10.1. The summed E-state index contributed by atoms with van der Waals surface area (Å²) in [6, 6.07) is 13.9. The Morgan fingerprint density at radius 3 is 2.67 bits per heavy atom. The van der Waals surface area contributed by atoms with Gasteiger partial charge < -0.3 is 15.2 Å². The van der Waals surface area contributed by atoms with E-state index in [4.69, 9.17) is 16.3 Å². The second-order valence-electron chi connectivity index (χ2n) is 5.26. The first-order valence-corrected chi connectivity index (χ1v) is 7.86. The second-order valence-corrected chi connectivity index (χ2v) is 5.57. The monoisotopic (exact) mass is 344 g/mol. The van der Waals surface area contributed by atoms with Gasteiger partial charge in [-0.2, -0.15) is 5.26 Å². The van der Waals surface area contributed by atoms with Gasteiger partial charge in [-0.15, -0.1) is 11.6 Å². The van der Waals surface area contributed by atoms with Crippen molar-refractivity contribution in [3.8, 4) is 11.8 Å². The summed E-state index contributed by atoms with van der Waals surface area (Å²) in [5, 5.41) is 21.4. The number of hydrogen-bond acceptors (Lipinski definition) is 4. The van der Waals surface area contributed by atoms with Crippen LogP contribution in [0.15, 0.2) is 42.5 Å². The molecule has 0 aromatic heterocycles. The van der Waals surface area contributed by atoms with E-state index in [2.05, 4.69) is 5.32 Å². The van der Waals surface area contributed by atoms with E-state index >= 15 is 0 Å². The van der Waals surface area contributed by atoms with E-state index in [0.717, 1.165) is 5.56 Å². The summed E-state index contributed by atoms with van der Waals surface area (Å²) in [7, 11) is 0. The number of nitrogens with one attached hydrogen (secondary N) is 1. The van der Waals surface area contributed by atoms with Crippen molar-refractivity contribution in [1.29, 1.82) is 5.26 Å². The molecule has 0 aliphatic rings. The molecule has 0 saturated heterocycles. The zero-order chi connectivity index (χ0) is 17.5. The molecule has 0 bridgehead atoms. The molecule has 0 aliphatic carbocycles. The van der Waals surface area contributed by atoms with Crippen LogP contribution in [0.2, 0.25) is 0 Å². The largest absolute Gasteiger partial charge is 0.489 e. The van der Waals surface area contributed by atoms with Crippen LogP contribution in [0.5, 0.6) is 5.75 Å². The number of anilines is 1. The van der Waals surface area contributed by atoms with Crippen LogP contribution < -0.4 is 10.1 Å². The van der Waals surface area contributed by atoms with Crippen LogP contribution in [0.4, 0.5) is 5.69 Å². The Labute approximate surface area is 145 Å². The number of carbonyl (C=O) groups is 1. The molecule has 5 nitrogen and oxygen atoms in total. The third-order valence-electron chi connectivity index (χ3n) is 3.28. The highest BCUT2D eigenvalue weighted by Crippen LogP contribution is 2.23. The number of aliphatic hydroxyl groups is 1. The summed E-state index contributed by atoms with van der Waals surface area (Å²) in [6.45, 7) is 1.94. The SMILES string of the molecule is Cc1ccc(C(=O)Nc2ccc(OCC(O)CCl)c(C#N)c2)cc1. The van der Waals surface area contributed by atoms with E-state index in [1.165, 1.54) is 6.07 Å². The van der Waals surface area contributed by atoms with E-state index in [1.54, 1.807) is 24.3 Å². The minimum absolute atomic E-state index is 0.00669. The van der Waals surface area contributed by atoms with Gasteiger partial charge in [0.1, 0.15) is 24.5 Å². The van der Waals surface area contributed by atoms with Crippen molar-refractivity contribution in [2.45, 2.75) is 13.0 Å². The van der Waals surface area contributed by atoms with Crippen molar-refractivity contribution in [3.05, 3.63) is 59.2 Å². The second kappa shape index (κ2) is 8.34. The molecule has 0 fully saturated rings. The smallest absolute Gasteiger partial charge is 0.255 e. The molecule has 0 saturated carbocycles. The zero-order valence-corrected chi connectivity index (χ0v) is 13.9. The maximum Gasteiger partial charge on any atom is 0.255 e. The number of alkyl halides is 1. The fourth-order valence-electron chi connectivity index (χ4n) is 1.96. The molecule has 2 rings (SSSR count). The lowest BCUT2D eigenvalue weighted by Gasteiger charge is -2.12. The highest BCUT2D eigenvalue weighted by Gasteiger charge is 2.10. The van der Waals surface area contributed by atoms with Crippen LogP contribution in [-0.2, 0) is 0 Å². The molecular weight excluding hydrogens is 328 g/mol. The molecule has 1 atom stereocenters. The number of benzene rings is 2. The summed E-state index contributed by atoms with van der Waals surface area (Å²) in [6.07, 6.45) is -0.806. The molecule has 2 N–H and O–H groups in total. The average molecular weight is 345 g/mol. The summed E-state index contributed by atoms with van der Waals surface area (Å²) in [5.41, 5.74) is 2.35. The number of rotatable bonds is 6. The van der Waals surface area contributed by atoms with Crippen LogP contribution in [0.3, 0.4) is 0 Å². The standard InChI is InChI=1S/C18H17ClN2O3/c1-12-2-4-13(5-3-12)18(23)21-15-6-7-17(14(8-15)10-20)24-11-16(22)9-19/h2-8,16,22H,9,11H2,1H3,(H,21,23). The van der Waals surface area contributed by atoms with Gasteiger partial charge in [-0.25, -0.2) is 0 Å². The third-order valence-corrected chi connectivity index (χ3v) is 3.64. The van der Waals surface area contributed by atoms with Gasteiger partial charge in [-0.05, 0) is 37.3 Å². The van der Waals surface area contributed by atoms with Gasteiger partial charge in [-0.1, -0.05) is 17.7 Å². The fraction of sp³-hybridized carbons (Fsp3) is 0.222. The Hall–Kier alpha value is -2.55. The number of nitrogens with zero attached hydrogens (tertiary/aromatic N) is 1. The van der Waals surface area contributed by atoms with E-state index in [1.807, 2.05) is 25.1 Å². The van der Waals surface area contributed by atoms with Crippen LogP contribution in [-0.4, -0.2) is 29.6 Å². The van der Waals surface area contributed by atoms with Gasteiger partial charge in [0.25, 0.3) is 5.91 Å². The minimum Gasteiger partial charge on any atom is -0.489 e. The molecule has 0 radical (unpaired) electrons. The third kappa shape index (κ3) is 4.72. The normalized spacial score (nSPS) is 11.4. The first-order valence-electron chi connectivity index (χ1n) is 7.32. The molecule has 2 aromatic rings. The number of aryl methyl sites for hydroxylation is 1. The Morgan fingerprint density at radius 2 is 2.04 bits per heavy atom. The number of hydrogen-bond donors (Lipinski definition) is 2. The van der Waals surface area contributed by atoms with Gasteiger partial charge in [0.2, 0.25) is 0 Å². The van der Waals surface area contributed by atoms with Gasteiger partial charge in [-0.3, -0.25) is 4.79 Å². The number of amides is 1. The quantitative estimate of drug-likeness (QED) is 0.789.